The SMILES string of the molecule is Cc1cccc([C@@H]2COC(=O)N2)c1. The summed E-state index contributed by atoms with van der Waals surface area (Å²) in [7, 11) is 0. The average molecular weight is 177 g/mol. The second kappa shape index (κ2) is 3.09. The highest BCUT2D eigenvalue weighted by molar-refractivity contribution is 5.70. The fraction of sp³-hybridized carbons (Fsp3) is 0.300. The van der Waals surface area contributed by atoms with E-state index in [-0.39, 0.29) is 12.1 Å². The number of aryl methyl sites for hydroxylation is 1. The molecule has 13 heavy (non-hydrogen) atoms. The van der Waals surface area contributed by atoms with Gasteiger partial charge in [-0.05, 0) is 12.5 Å². The molecule has 0 saturated carbocycles. The van der Waals surface area contributed by atoms with Crippen LogP contribution in [0, 0.1) is 6.92 Å². The standard InChI is InChI=1S/C10H11NO2/c1-7-3-2-4-8(5-7)9-6-13-10(12)11-9/h2-5,9H,6H2,1H3,(H,11,12)/t9-/m0/s1. The first-order valence-electron chi connectivity index (χ1n) is 4.25. The molecule has 68 valence electrons. The van der Waals surface area contributed by atoms with Crippen molar-refractivity contribution in [3.05, 3.63) is 35.4 Å². The quantitative estimate of drug-likeness (QED) is 0.710. The van der Waals surface area contributed by atoms with Gasteiger partial charge < -0.3 is 10.1 Å². The highest BCUT2D eigenvalue weighted by atomic mass is 16.6. The highest BCUT2D eigenvalue weighted by Crippen LogP contribution is 2.18. The van der Waals surface area contributed by atoms with Crippen LogP contribution in [-0.2, 0) is 4.74 Å². The van der Waals surface area contributed by atoms with Gasteiger partial charge in [-0.2, -0.15) is 0 Å². The molecule has 1 fully saturated rings. The monoisotopic (exact) mass is 177 g/mol. The molecule has 0 radical (unpaired) electrons. The minimum absolute atomic E-state index is 0.0207. The van der Waals surface area contributed by atoms with Crippen LogP contribution >= 0.6 is 0 Å². The van der Waals surface area contributed by atoms with E-state index in [1.54, 1.807) is 0 Å². The molecule has 1 N–H and O–H groups in total. The number of hydrogen-bond donors (Lipinski definition) is 1. The molecule has 3 heteroatoms. The van der Waals surface area contributed by atoms with Gasteiger partial charge in [0.25, 0.3) is 0 Å². The molecule has 1 heterocycles. The highest BCUT2D eigenvalue weighted by Gasteiger charge is 2.23. The van der Waals surface area contributed by atoms with Crippen LogP contribution in [0.25, 0.3) is 0 Å². The molecule has 1 aliphatic heterocycles. The van der Waals surface area contributed by atoms with Crippen LogP contribution < -0.4 is 5.32 Å². The Labute approximate surface area is 76.7 Å². The van der Waals surface area contributed by atoms with E-state index in [1.807, 2.05) is 25.1 Å². The van der Waals surface area contributed by atoms with Crippen molar-refractivity contribution in [3.8, 4) is 0 Å². The van der Waals surface area contributed by atoms with Gasteiger partial charge in [0.2, 0.25) is 0 Å². The predicted molar refractivity (Wildman–Crippen MR) is 48.4 cm³/mol. The summed E-state index contributed by atoms with van der Waals surface area (Å²) in [4.78, 5) is 10.8. The third kappa shape index (κ3) is 1.64. The molecular formula is C10H11NO2. The van der Waals surface area contributed by atoms with Gasteiger partial charge >= 0.3 is 6.09 Å². The number of carbonyl (C=O) groups excluding carboxylic acids is 1. The van der Waals surface area contributed by atoms with Crippen molar-refractivity contribution in [3.63, 3.8) is 0 Å². The Morgan fingerprint density at radius 1 is 1.54 bits per heavy atom. The minimum atomic E-state index is -0.327. The number of carbonyl (C=O) groups is 1. The second-order valence-corrected chi connectivity index (χ2v) is 3.21. The van der Waals surface area contributed by atoms with Gasteiger partial charge in [0.15, 0.2) is 0 Å². The van der Waals surface area contributed by atoms with Gasteiger partial charge in [-0.25, -0.2) is 4.79 Å². The summed E-state index contributed by atoms with van der Waals surface area (Å²) >= 11 is 0. The van der Waals surface area contributed by atoms with E-state index in [2.05, 4.69) is 11.4 Å². The largest absolute Gasteiger partial charge is 0.447 e. The van der Waals surface area contributed by atoms with E-state index >= 15 is 0 Å². The Balaban J connectivity index is 2.21. The number of amides is 1. The van der Waals surface area contributed by atoms with Crippen LogP contribution in [0.1, 0.15) is 17.2 Å². The number of rotatable bonds is 1. The van der Waals surface area contributed by atoms with Gasteiger partial charge in [-0.3, -0.25) is 0 Å². The first-order chi connectivity index (χ1) is 6.25. The van der Waals surface area contributed by atoms with Crippen LogP contribution in [0.15, 0.2) is 24.3 Å². The zero-order chi connectivity index (χ0) is 9.26. The Bertz CT molecular complexity index is 335. The summed E-state index contributed by atoms with van der Waals surface area (Å²) in [5.41, 5.74) is 2.30. The number of nitrogens with one attached hydrogen (secondary N) is 1. The molecule has 0 unspecified atom stereocenters. The summed E-state index contributed by atoms with van der Waals surface area (Å²) in [5, 5.41) is 2.74. The molecule has 1 aliphatic rings. The lowest BCUT2D eigenvalue weighted by molar-refractivity contribution is 0.177. The van der Waals surface area contributed by atoms with E-state index in [9.17, 15) is 4.79 Å². The zero-order valence-corrected chi connectivity index (χ0v) is 7.41. The molecule has 1 amide bonds. The topological polar surface area (TPSA) is 38.3 Å². The van der Waals surface area contributed by atoms with Gasteiger partial charge in [-0.15, -0.1) is 0 Å². The van der Waals surface area contributed by atoms with Crippen LogP contribution in [-0.4, -0.2) is 12.7 Å². The maximum absolute atomic E-state index is 10.8. The predicted octanol–water partition coefficient (Wildman–Crippen LogP) is 1.78. The van der Waals surface area contributed by atoms with Crippen molar-refractivity contribution in [2.45, 2.75) is 13.0 Å². The molecule has 1 aromatic rings. The van der Waals surface area contributed by atoms with Gasteiger partial charge in [0.05, 0.1) is 6.04 Å². The molecule has 1 atom stereocenters. The van der Waals surface area contributed by atoms with Gasteiger partial charge in [-0.1, -0.05) is 29.8 Å². The molecule has 0 aliphatic carbocycles. The van der Waals surface area contributed by atoms with Crippen molar-refractivity contribution >= 4 is 6.09 Å². The first-order valence-corrected chi connectivity index (χ1v) is 4.25. The zero-order valence-electron chi connectivity index (χ0n) is 7.41. The molecule has 1 saturated heterocycles. The van der Waals surface area contributed by atoms with E-state index in [1.165, 1.54) is 5.56 Å². The maximum Gasteiger partial charge on any atom is 0.407 e. The minimum Gasteiger partial charge on any atom is -0.447 e. The number of benzene rings is 1. The molecule has 3 nitrogen and oxygen atoms in total. The van der Waals surface area contributed by atoms with E-state index in [0.29, 0.717) is 6.61 Å². The summed E-state index contributed by atoms with van der Waals surface area (Å²) < 4.78 is 4.81. The van der Waals surface area contributed by atoms with E-state index in [0.717, 1.165) is 5.56 Å². The van der Waals surface area contributed by atoms with Gasteiger partial charge in [0.1, 0.15) is 6.61 Å². The number of alkyl carbamates (subject to hydrolysis) is 1. The molecule has 0 aromatic heterocycles. The number of ether oxygens (including phenoxy) is 1. The Kier molecular flexibility index (Phi) is 1.93. The van der Waals surface area contributed by atoms with Crippen LogP contribution in [0.3, 0.4) is 0 Å². The average Bonchev–Trinajstić information content (AvgIpc) is 2.52. The summed E-state index contributed by atoms with van der Waals surface area (Å²) in [6, 6.07) is 8.08. The first kappa shape index (κ1) is 8.10. The lowest BCUT2D eigenvalue weighted by atomic mass is 10.1. The fourth-order valence-corrected chi connectivity index (χ4v) is 1.45. The van der Waals surface area contributed by atoms with Crippen molar-refractivity contribution in [2.24, 2.45) is 0 Å². The van der Waals surface area contributed by atoms with Crippen molar-refractivity contribution in [1.82, 2.24) is 5.32 Å². The van der Waals surface area contributed by atoms with Gasteiger partial charge in [0, 0.05) is 0 Å². The Morgan fingerprint density at radius 3 is 3.00 bits per heavy atom. The summed E-state index contributed by atoms with van der Waals surface area (Å²) in [6.07, 6.45) is -0.327. The maximum atomic E-state index is 10.8. The molecule has 1 aromatic carbocycles. The van der Waals surface area contributed by atoms with Crippen LogP contribution in [0.2, 0.25) is 0 Å². The second-order valence-electron chi connectivity index (χ2n) is 3.21. The lowest BCUT2D eigenvalue weighted by Crippen LogP contribution is -2.18. The molecule has 0 spiro atoms. The lowest BCUT2D eigenvalue weighted by Gasteiger charge is -2.07. The molecule has 2 rings (SSSR count). The van der Waals surface area contributed by atoms with Crippen LogP contribution in [0.4, 0.5) is 4.79 Å². The molecular weight excluding hydrogens is 166 g/mol. The van der Waals surface area contributed by atoms with Crippen molar-refractivity contribution in [2.75, 3.05) is 6.61 Å². The normalized spacial score (nSPS) is 21.0. The van der Waals surface area contributed by atoms with Crippen molar-refractivity contribution in [1.29, 1.82) is 0 Å². The Hall–Kier alpha value is -1.51. The third-order valence-corrected chi connectivity index (χ3v) is 2.12. The van der Waals surface area contributed by atoms with Crippen LogP contribution in [0.5, 0.6) is 0 Å². The van der Waals surface area contributed by atoms with E-state index < -0.39 is 0 Å². The number of cyclic esters (lactones) is 1. The summed E-state index contributed by atoms with van der Waals surface area (Å²) in [6.45, 7) is 2.46. The fourth-order valence-electron chi connectivity index (χ4n) is 1.45. The third-order valence-electron chi connectivity index (χ3n) is 2.12. The Morgan fingerprint density at radius 2 is 2.38 bits per heavy atom. The van der Waals surface area contributed by atoms with E-state index in [4.69, 9.17) is 4.74 Å². The number of hydrogen-bond acceptors (Lipinski definition) is 2. The van der Waals surface area contributed by atoms with Crippen molar-refractivity contribution < 1.29 is 9.53 Å². The molecule has 0 bridgehead atoms. The smallest absolute Gasteiger partial charge is 0.407 e. The summed E-state index contributed by atoms with van der Waals surface area (Å²) in [5.74, 6) is 0.